The topological polar surface area (TPSA) is 46.3 Å². The van der Waals surface area contributed by atoms with E-state index in [0.717, 1.165) is 12.8 Å². The van der Waals surface area contributed by atoms with Gasteiger partial charge in [-0.05, 0) is 25.2 Å². The Balaban J connectivity index is 2.65. The molecule has 0 aromatic heterocycles. The molecular weight excluding hydrogens is 176 g/mol. The molecule has 0 heterocycles. The Bertz CT molecular complexity index is 238. The van der Waals surface area contributed by atoms with E-state index in [9.17, 15) is 4.79 Å². The zero-order valence-electron chi connectivity index (χ0n) is 9.92. The first-order chi connectivity index (χ1) is 6.18. The van der Waals surface area contributed by atoms with Crippen LogP contribution in [-0.2, 0) is 4.79 Å². The van der Waals surface area contributed by atoms with Crippen molar-refractivity contribution in [1.82, 2.24) is 4.90 Å². The van der Waals surface area contributed by atoms with Gasteiger partial charge in [0, 0.05) is 13.1 Å². The summed E-state index contributed by atoms with van der Waals surface area (Å²) in [6, 6.07) is 0.219. The molecule has 1 aliphatic rings. The lowest BCUT2D eigenvalue weighted by atomic mass is 9.87. The number of carbonyl (C=O) groups excluding carboxylic acids is 1. The highest BCUT2D eigenvalue weighted by Crippen LogP contribution is 2.35. The summed E-state index contributed by atoms with van der Waals surface area (Å²) in [4.78, 5) is 13.7. The van der Waals surface area contributed by atoms with E-state index in [-0.39, 0.29) is 17.4 Å². The van der Waals surface area contributed by atoms with Gasteiger partial charge >= 0.3 is 0 Å². The van der Waals surface area contributed by atoms with E-state index in [2.05, 4.69) is 27.7 Å². The maximum atomic E-state index is 11.9. The van der Waals surface area contributed by atoms with E-state index in [1.807, 2.05) is 7.05 Å². The molecule has 14 heavy (non-hydrogen) atoms. The smallest absolute Gasteiger partial charge is 0.242 e. The molecule has 0 saturated heterocycles. The first-order valence-corrected chi connectivity index (χ1v) is 5.24. The molecule has 2 N–H and O–H groups in total. The van der Waals surface area contributed by atoms with Crippen LogP contribution in [0.4, 0.5) is 0 Å². The second-order valence-corrected chi connectivity index (χ2v) is 5.61. The molecule has 1 amide bonds. The lowest BCUT2D eigenvalue weighted by molar-refractivity contribution is -0.136. The summed E-state index contributed by atoms with van der Waals surface area (Å²) in [5, 5.41) is 0. The lowest BCUT2D eigenvalue weighted by Crippen LogP contribution is -2.50. The van der Waals surface area contributed by atoms with Crippen LogP contribution in [0.25, 0.3) is 0 Å². The van der Waals surface area contributed by atoms with Crippen LogP contribution in [0.15, 0.2) is 0 Å². The van der Waals surface area contributed by atoms with E-state index < -0.39 is 5.54 Å². The Morgan fingerprint density at radius 3 is 2.14 bits per heavy atom. The molecular formula is C11H22N2O. The molecule has 1 rings (SSSR count). The molecule has 0 bridgehead atoms. The zero-order chi connectivity index (χ0) is 11.1. The van der Waals surface area contributed by atoms with Crippen molar-refractivity contribution in [2.75, 3.05) is 7.05 Å². The number of carbonyl (C=O) groups is 1. The van der Waals surface area contributed by atoms with E-state index in [4.69, 9.17) is 5.73 Å². The second-order valence-electron chi connectivity index (χ2n) is 5.61. The predicted molar refractivity (Wildman–Crippen MR) is 57.8 cm³/mol. The van der Waals surface area contributed by atoms with Crippen LogP contribution in [0.3, 0.4) is 0 Å². The monoisotopic (exact) mass is 198 g/mol. The number of nitrogens with two attached hydrogens (primary N) is 1. The van der Waals surface area contributed by atoms with Crippen molar-refractivity contribution >= 4 is 5.91 Å². The van der Waals surface area contributed by atoms with Crippen molar-refractivity contribution in [1.29, 1.82) is 0 Å². The normalized spacial score (nSPS) is 21.6. The van der Waals surface area contributed by atoms with Gasteiger partial charge in [0.25, 0.3) is 0 Å². The Kier molecular flexibility index (Phi) is 2.65. The molecule has 0 spiro atoms. The average Bonchev–Trinajstić information content (AvgIpc) is 2.79. The molecule has 3 heteroatoms. The molecule has 1 atom stereocenters. The quantitative estimate of drug-likeness (QED) is 0.728. The average molecular weight is 198 g/mol. The van der Waals surface area contributed by atoms with Crippen LogP contribution in [0, 0.1) is 5.41 Å². The van der Waals surface area contributed by atoms with Gasteiger partial charge in [0.15, 0.2) is 0 Å². The van der Waals surface area contributed by atoms with Gasteiger partial charge in [-0.3, -0.25) is 4.79 Å². The van der Waals surface area contributed by atoms with Gasteiger partial charge in [0.2, 0.25) is 5.91 Å². The zero-order valence-corrected chi connectivity index (χ0v) is 9.92. The van der Waals surface area contributed by atoms with Gasteiger partial charge < -0.3 is 10.6 Å². The minimum absolute atomic E-state index is 0.0972. The molecule has 3 nitrogen and oxygen atoms in total. The highest BCUT2D eigenvalue weighted by molar-refractivity contribution is 5.89. The first-order valence-electron chi connectivity index (χ1n) is 5.24. The summed E-state index contributed by atoms with van der Waals surface area (Å²) in [5.74, 6) is 0.0972. The van der Waals surface area contributed by atoms with Crippen LogP contribution >= 0.6 is 0 Å². The predicted octanol–water partition coefficient (Wildman–Crippen LogP) is 1.37. The summed E-state index contributed by atoms with van der Waals surface area (Å²) in [5.41, 5.74) is 5.45. The van der Waals surface area contributed by atoms with E-state index in [0.29, 0.717) is 0 Å². The van der Waals surface area contributed by atoms with Crippen molar-refractivity contribution in [2.24, 2.45) is 11.1 Å². The Labute approximate surface area is 86.6 Å². The minimum atomic E-state index is -0.533. The van der Waals surface area contributed by atoms with Crippen LogP contribution in [-0.4, -0.2) is 29.4 Å². The maximum Gasteiger partial charge on any atom is 0.242 e. The molecule has 1 aliphatic carbocycles. The summed E-state index contributed by atoms with van der Waals surface area (Å²) in [6.07, 6.45) is 1.68. The molecule has 1 saturated carbocycles. The van der Waals surface area contributed by atoms with Crippen LogP contribution in [0.5, 0.6) is 0 Å². The molecule has 1 unspecified atom stereocenters. The maximum absolute atomic E-state index is 11.9. The third-order valence-electron chi connectivity index (χ3n) is 3.37. The summed E-state index contributed by atoms with van der Waals surface area (Å²) >= 11 is 0. The van der Waals surface area contributed by atoms with Crippen LogP contribution in [0.2, 0.25) is 0 Å². The van der Waals surface area contributed by atoms with Crippen LogP contribution < -0.4 is 5.73 Å². The fourth-order valence-corrected chi connectivity index (χ4v) is 1.46. The van der Waals surface area contributed by atoms with Crippen molar-refractivity contribution in [3.63, 3.8) is 0 Å². The largest absolute Gasteiger partial charge is 0.341 e. The van der Waals surface area contributed by atoms with Gasteiger partial charge in [-0.25, -0.2) is 0 Å². The van der Waals surface area contributed by atoms with Gasteiger partial charge in [-0.15, -0.1) is 0 Å². The molecule has 82 valence electrons. The highest BCUT2D eigenvalue weighted by Gasteiger charge is 2.48. The Morgan fingerprint density at radius 1 is 1.43 bits per heavy atom. The van der Waals surface area contributed by atoms with Gasteiger partial charge in [0.1, 0.15) is 0 Å². The van der Waals surface area contributed by atoms with Crippen molar-refractivity contribution < 1.29 is 4.79 Å². The van der Waals surface area contributed by atoms with E-state index in [1.165, 1.54) is 0 Å². The van der Waals surface area contributed by atoms with Gasteiger partial charge in [-0.1, -0.05) is 20.8 Å². The van der Waals surface area contributed by atoms with Crippen molar-refractivity contribution in [3.8, 4) is 0 Å². The van der Waals surface area contributed by atoms with Gasteiger partial charge in [0.05, 0.1) is 5.54 Å². The second kappa shape index (κ2) is 3.23. The highest BCUT2D eigenvalue weighted by atomic mass is 16.2. The molecule has 0 aliphatic heterocycles. The van der Waals surface area contributed by atoms with Crippen molar-refractivity contribution in [2.45, 2.75) is 52.1 Å². The van der Waals surface area contributed by atoms with E-state index >= 15 is 0 Å². The van der Waals surface area contributed by atoms with Gasteiger partial charge in [-0.2, -0.15) is 0 Å². The molecule has 1 fully saturated rings. The third-order valence-corrected chi connectivity index (χ3v) is 3.37. The minimum Gasteiger partial charge on any atom is -0.341 e. The summed E-state index contributed by atoms with van der Waals surface area (Å²) < 4.78 is 0. The number of amides is 1. The van der Waals surface area contributed by atoms with Crippen LogP contribution in [0.1, 0.15) is 40.5 Å². The number of nitrogens with zero attached hydrogens (tertiary/aromatic N) is 1. The molecule has 0 aromatic rings. The third kappa shape index (κ3) is 2.08. The number of likely N-dealkylation sites (N-methyl/N-ethyl adjacent to an activating group) is 1. The molecule has 0 aromatic carbocycles. The van der Waals surface area contributed by atoms with E-state index in [1.54, 1.807) is 4.90 Å². The SMILES string of the molecule is CC(N(C)C(=O)C1(N)CC1)C(C)(C)C. The van der Waals surface area contributed by atoms with Crippen molar-refractivity contribution in [3.05, 3.63) is 0 Å². The number of rotatable bonds is 2. The first kappa shape index (κ1) is 11.5. The number of hydrogen-bond donors (Lipinski definition) is 1. The fraction of sp³-hybridized carbons (Fsp3) is 0.909. The summed E-state index contributed by atoms with van der Waals surface area (Å²) in [7, 11) is 1.85. The lowest BCUT2D eigenvalue weighted by Gasteiger charge is -2.36. The Hall–Kier alpha value is -0.570. The molecule has 0 radical (unpaired) electrons. The Morgan fingerprint density at radius 2 is 1.86 bits per heavy atom. The fourth-order valence-electron chi connectivity index (χ4n) is 1.46. The standard InChI is InChI=1S/C11H22N2O/c1-8(10(2,3)4)13(5)9(14)11(12)6-7-11/h8H,6-7,12H2,1-5H3. The summed E-state index contributed by atoms with van der Waals surface area (Å²) in [6.45, 7) is 8.48. The number of hydrogen-bond acceptors (Lipinski definition) is 2.